The van der Waals surface area contributed by atoms with Gasteiger partial charge in [0.15, 0.2) is 0 Å². The van der Waals surface area contributed by atoms with Gasteiger partial charge in [-0.2, -0.15) is 0 Å². The summed E-state index contributed by atoms with van der Waals surface area (Å²) in [6.07, 6.45) is 0. The van der Waals surface area contributed by atoms with Gasteiger partial charge >= 0.3 is 0 Å². The lowest BCUT2D eigenvalue weighted by molar-refractivity contribution is 0.0945. The van der Waals surface area contributed by atoms with E-state index in [1.165, 1.54) is 16.9 Å². The predicted molar refractivity (Wildman–Crippen MR) is 105 cm³/mol. The smallest absolute Gasteiger partial charge is 0.271 e. The van der Waals surface area contributed by atoms with Crippen LogP contribution in [0.5, 0.6) is 5.75 Å². The van der Waals surface area contributed by atoms with E-state index < -0.39 is 0 Å². The summed E-state index contributed by atoms with van der Waals surface area (Å²) in [5.74, 6) is 1.27. The lowest BCUT2D eigenvalue weighted by Crippen LogP contribution is -2.23. The van der Waals surface area contributed by atoms with Crippen LogP contribution in [0.15, 0.2) is 53.9 Å². The number of nitrogens with one attached hydrogen (secondary N) is 2. The van der Waals surface area contributed by atoms with Gasteiger partial charge < -0.3 is 15.0 Å². The first-order chi connectivity index (χ1) is 13.2. The number of thiazole rings is 1. The number of aromatic amines is 1. The number of carbonyl (C=O) groups is 1. The van der Waals surface area contributed by atoms with E-state index in [0.717, 1.165) is 21.8 Å². The van der Waals surface area contributed by atoms with Gasteiger partial charge in [0.25, 0.3) is 5.91 Å². The molecule has 2 aromatic carbocycles. The summed E-state index contributed by atoms with van der Waals surface area (Å²) in [6, 6.07) is 15.6. The van der Waals surface area contributed by atoms with Gasteiger partial charge in [-0.1, -0.05) is 29.8 Å². The van der Waals surface area contributed by atoms with Crippen LogP contribution < -0.4 is 10.1 Å². The highest BCUT2D eigenvalue weighted by molar-refractivity contribution is 7.09. The average Bonchev–Trinajstić information content (AvgIpc) is 3.32. The number of carbonyl (C=O) groups excluding carboxylic acids is 1. The quantitative estimate of drug-likeness (QED) is 0.534. The fraction of sp³-hybridized carbons (Fsp3) is 0.150. The molecule has 0 aliphatic rings. The van der Waals surface area contributed by atoms with Crippen LogP contribution in [-0.2, 0) is 13.2 Å². The number of aromatic nitrogens is 3. The van der Waals surface area contributed by atoms with Crippen LogP contribution in [0.25, 0.3) is 11.0 Å². The van der Waals surface area contributed by atoms with E-state index in [1.807, 2.05) is 55.5 Å². The SMILES string of the molecule is Cc1ccc(OCc2nc(C(=O)NCc3nc4ccccc4[nH]3)cs2)cc1. The number of hydrogen-bond donors (Lipinski definition) is 2. The van der Waals surface area contributed by atoms with Gasteiger partial charge in [0.2, 0.25) is 0 Å². The van der Waals surface area contributed by atoms with Gasteiger partial charge in [-0.3, -0.25) is 4.79 Å². The molecule has 2 heterocycles. The third-order valence-corrected chi connectivity index (χ3v) is 4.84. The molecule has 0 bridgehead atoms. The van der Waals surface area contributed by atoms with Crippen molar-refractivity contribution in [3.63, 3.8) is 0 Å². The lowest BCUT2D eigenvalue weighted by Gasteiger charge is -2.04. The number of aryl methyl sites for hydroxylation is 1. The first-order valence-electron chi connectivity index (χ1n) is 8.53. The molecule has 7 heteroatoms. The molecule has 0 atom stereocenters. The summed E-state index contributed by atoms with van der Waals surface area (Å²) in [5, 5.41) is 5.33. The maximum atomic E-state index is 12.3. The number of ether oxygens (including phenoxy) is 1. The average molecular weight is 378 g/mol. The number of fused-ring (bicyclic) bond motifs is 1. The molecule has 0 fully saturated rings. The standard InChI is InChI=1S/C20H18N4O2S/c1-13-6-8-14(9-7-13)26-11-19-24-17(12-27-19)20(25)21-10-18-22-15-4-2-3-5-16(15)23-18/h2-9,12H,10-11H2,1H3,(H,21,25)(H,22,23). The van der Waals surface area contributed by atoms with Crippen molar-refractivity contribution >= 4 is 28.3 Å². The van der Waals surface area contributed by atoms with Gasteiger partial charge in [0.05, 0.1) is 17.6 Å². The minimum Gasteiger partial charge on any atom is -0.486 e. The molecule has 0 saturated heterocycles. The molecule has 4 rings (SSSR count). The van der Waals surface area contributed by atoms with Crippen molar-refractivity contribution in [1.29, 1.82) is 0 Å². The molecule has 0 aliphatic carbocycles. The number of para-hydroxylation sites is 2. The fourth-order valence-electron chi connectivity index (χ4n) is 2.60. The first-order valence-corrected chi connectivity index (χ1v) is 9.41. The van der Waals surface area contributed by atoms with Gasteiger partial charge in [0, 0.05) is 5.38 Å². The summed E-state index contributed by atoms with van der Waals surface area (Å²) in [6.45, 7) is 2.69. The van der Waals surface area contributed by atoms with Crippen molar-refractivity contribution in [2.45, 2.75) is 20.1 Å². The van der Waals surface area contributed by atoms with Crippen LogP contribution in [0.1, 0.15) is 26.9 Å². The van der Waals surface area contributed by atoms with E-state index >= 15 is 0 Å². The Bertz CT molecular complexity index is 1040. The molecule has 0 unspecified atom stereocenters. The van der Waals surface area contributed by atoms with E-state index in [-0.39, 0.29) is 5.91 Å². The monoisotopic (exact) mass is 378 g/mol. The van der Waals surface area contributed by atoms with Crippen molar-refractivity contribution in [3.05, 3.63) is 76.0 Å². The van der Waals surface area contributed by atoms with E-state index in [0.29, 0.717) is 24.7 Å². The van der Waals surface area contributed by atoms with Gasteiger partial charge in [-0.25, -0.2) is 9.97 Å². The second kappa shape index (κ2) is 7.59. The molecule has 27 heavy (non-hydrogen) atoms. The molecule has 6 nitrogen and oxygen atoms in total. The summed E-state index contributed by atoms with van der Waals surface area (Å²) < 4.78 is 5.70. The fourth-order valence-corrected chi connectivity index (χ4v) is 3.29. The molecule has 0 spiro atoms. The third kappa shape index (κ3) is 4.15. The summed E-state index contributed by atoms with van der Waals surface area (Å²) in [4.78, 5) is 24.3. The normalized spacial score (nSPS) is 10.9. The Hall–Kier alpha value is -3.19. The van der Waals surface area contributed by atoms with Crippen molar-refractivity contribution < 1.29 is 9.53 Å². The Kier molecular flexibility index (Phi) is 4.84. The molecule has 1 amide bonds. The number of rotatable bonds is 6. The summed E-state index contributed by atoms with van der Waals surface area (Å²) in [5.41, 5.74) is 3.40. The van der Waals surface area contributed by atoms with Crippen LogP contribution >= 0.6 is 11.3 Å². The number of hydrogen-bond acceptors (Lipinski definition) is 5. The highest BCUT2D eigenvalue weighted by Crippen LogP contribution is 2.16. The molecule has 0 aliphatic heterocycles. The van der Waals surface area contributed by atoms with E-state index in [9.17, 15) is 4.79 Å². The predicted octanol–water partition coefficient (Wildman–Crippen LogP) is 3.84. The van der Waals surface area contributed by atoms with E-state index in [2.05, 4.69) is 20.3 Å². The number of benzene rings is 2. The minimum absolute atomic E-state index is 0.228. The van der Waals surface area contributed by atoms with E-state index in [1.54, 1.807) is 5.38 Å². The number of nitrogens with zero attached hydrogens (tertiary/aromatic N) is 2. The number of imidazole rings is 1. The zero-order valence-electron chi connectivity index (χ0n) is 14.7. The number of amides is 1. The van der Waals surface area contributed by atoms with Crippen molar-refractivity contribution in [1.82, 2.24) is 20.3 Å². The zero-order valence-corrected chi connectivity index (χ0v) is 15.5. The van der Waals surface area contributed by atoms with Crippen LogP contribution in [0.3, 0.4) is 0 Å². The second-order valence-corrected chi connectivity index (χ2v) is 7.05. The van der Waals surface area contributed by atoms with Gasteiger partial charge in [-0.05, 0) is 31.2 Å². The first kappa shape index (κ1) is 17.2. The Morgan fingerprint density at radius 1 is 1.15 bits per heavy atom. The topological polar surface area (TPSA) is 79.9 Å². The molecule has 0 radical (unpaired) electrons. The van der Waals surface area contributed by atoms with Crippen LogP contribution in [0.4, 0.5) is 0 Å². The minimum atomic E-state index is -0.228. The highest BCUT2D eigenvalue weighted by Gasteiger charge is 2.12. The third-order valence-electron chi connectivity index (χ3n) is 4.02. The van der Waals surface area contributed by atoms with Crippen LogP contribution in [0, 0.1) is 6.92 Å². The van der Waals surface area contributed by atoms with Crippen molar-refractivity contribution in [3.8, 4) is 5.75 Å². The molecule has 0 saturated carbocycles. The maximum absolute atomic E-state index is 12.3. The van der Waals surface area contributed by atoms with Crippen molar-refractivity contribution in [2.24, 2.45) is 0 Å². The van der Waals surface area contributed by atoms with E-state index in [4.69, 9.17) is 4.74 Å². The van der Waals surface area contributed by atoms with Crippen molar-refractivity contribution in [2.75, 3.05) is 0 Å². The van der Waals surface area contributed by atoms with Gasteiger partial charge in [-0.15, -0.1) is 11.3 Å². The summed E-state index contributed by atoms with van der Waals surface area (Å²) in [7, 11) is 0. The Morgan fingerprint density at radius 2 is 1.96 bits per heavy atom. The Morgan fingerprint density at radius 3 is 2.78 bits per heavy atom. The number of H-pyrrole nitrogens is 1. The lowest BCUT2D eigenvalue weighted by atomic mass is 10.2. The Balaban J connectivity index is 1.33. The largest absolute Gasteiger partial charge is 0.486 e. The zero-order chi connectivity index (χ0) is 18.6. The molecule has 136 valence electrons. The molecular weight excluding hydrogens is 360 g/mol. The molecule has 4 aromatic rings. The summed E-state index contributed by atoms with van der Waals surface area (Å²) >= 11 is 1.41. The van der Waals surface area contributed by atoms with Crippen LogP contribution in [-0.4, -0.2) is 20.9 Å². The highest BCUT2D eigenvalue weighted by atomic mass is 32.1. The molecule has 2 aromatic heterocycles. The Labute approximate surface area is 160 Å². The maximum Gasteiger partial charge on any atom is 0.271 e. The molecular formula is C20H18N4O2S. The van der Waals surface area contributed by atoms with Crippen LogP contribution in [0.2, 0.25) is 0 Å². The molecule has 2 N–H and O–H groups in total. The second-order valence-electron chi connectivity index (χ2n) is 6.11. The van der Waals surface area contributed by atoms with Gasteiger partial charge in [0.1, 0.15) is 28.9 Å².